The lowest BCUT2D eigenvalue weighted by molar-refractivity contribution is 0.330. The van der Waals surface area contributed by atoms with Crippen LogP contribution in [0.2, 0.25) is 5.02 Å². The number of hydrogen-bond acceptors (Lipinski definition) is 1. The number of fused-ring (bicyclic) bond motifs is 1. The maximum absolute atomic E-state index is 6.73. The third kappa shape index (κ3) is 6.10. The molecule has 0 saturated carbocycles. The minimum Gasteiger partial charge on any atom is -0.310 e. The van der Waals surface area contributed by atoms with Crippen molar-refractivity contribution in [3.63, 3.8) is 0 Å². The van der Waals surface area contributed by atoms with E-state index in [0.717, 1.165) is 22.0 Å². The zero-order valence-corrected chi connectivity index (χ0v) is 29.9. The molecule has 0 fully saturated rings. The summed E-state index contributed by atoms with van der Waals surface area (Å²) in [5, 5.41) is 0.748. The van der Waals surface area contributed by atoms with Crippen molar-refractivity contribution in [3.8, 4) is 11.1 Å². The summed E-state index contributed by atoms with van der Waals surface area (Å²) in [5.74, 6) is 0. The summed E-state index contributed by atoms with van der Waals surface area (Å²) >= 11 is 6.73. The van der Waals surface area contributed by atoms with Crippen molar-refractivity contribution < 1.29 is 0 Å². The number of halogens is 1. The van der Waals surface area contributed by atoms with E-state index in [1.165, 1.54) is 57.5 Å². The Morgan fingerprint density at radius 2 is 1.20 bits per heavy atom. The van der Waals surface area contributed by atoms with Gasteiger partial charge in [0.15, 0.2) is 0 Å². The fourth-order valence-corrected chi connectivity index (χ4v) is 7.41. The van der Waals surface area contributed by atoms with Crippen molar-refractivity contribution in [1.29, 1.82) is 0 Å². The van der Waals surface area contributed by atoms with Gasteiger partial charge in [-0.3, -0.25) is 0 Å². The molecule has 0 aliphatic heterocycles. The van der Waals surface area contributed by atoms with Crippen molar-refractivity contribution in [2.75, 3.05) is 4.90 Å². The molecule has 0 amide bonds. The second-order valence-electron chi connectivity index (χ2n) is 16.5. The molecule has 0 saturated heterocycles. The molecular weight excluding hydrogens is 554 g/mol. The topological polar surface area (TPSA) is 3.24 Å². The van der Waals surface area contributed by atoms with Gasteiger partial charge in [0.25, 0.3) is 0 Å². The SMILES string of the molecule is Cc1cc(Cl)cc(N(c2ccc(C(C)(C)C)cc2)c2ccc(C(C)(C)C)cc2-c2ccc3c(c2C)C(C)(C)CCC3(C)C)c1. The van der Waals surface area contributed by atoms with Crippen LogP contribution in [0.3, 0.4) is 0 Å². The van der Waals surface area contributed by atoms with Crippen molar-refractivity contribution in [3.05, 3.63) is 111 Å². The standard InChI is InChI=1S/C42H52ClN/c1-27-23-31(43)26-33(24-27)44(32-16-13-29(14-17-32)39(3,4)5)37-20-15-30(40(6,7)8)25-35(37)34-18-19-36-38(28(34)2)42(11,12)22-21-41(36,9)10/h13-20,23-26H,21-22H2,1-12H3. The van der Waals surface area contributed by atoms with Crippen LogP contribution in [0, 0.1) is 13.8 Å². The van der Waals surface area contributed by atoms with Gasteiger partial charge in [-0.15, -0.1) is 0 Å². The molecule has 0 bridgehead atoms. The van der Waals surface area contributed by atoms with Crippen LogP contribution in [0.15, 0.2) is 72.8 Å². The van der Waals surface area contributed by atoms with Crippen molar-refractivity contribution in [2.45, 2.75) is 118 Å². The third-order valence-corrected chi connectivity index (χ3v) is 10.1. The number of aryl methyl sites for hydroxylation is 1. The van der Waals surface area contributed by atoms with Gasteiger partial charge in [0, 0.05) is 22.0 Å². The summed E-state index contributed by atoms with van der Waals surface area (Å²) in [6.07, 6.45) is 2.41. The van der Waals surface area contributed by atoms with Gasteiger partial charge in [0.2, 0.25) is 0 Å². The molecule has 5 rings (SSSR count). The monoisotopic (exact) mass is 605 g/mol. The second kappa shape index (κ2) is 11.1. The van der Waals surface area contributed by atoms with Gasteiger partial charge in [-0.05, 0) is 130 Å². The van der Waals surface area contributed by atoms with Crippen molar-refractivity contribution in [2.24, 2.45) is 0 Å². The minimum absolute atomic E-state index is 0.0164. The van der Waals surface area contributed by atoms with Crippen LogP contribution in [0.1, 0.15) is 115 Å². The van der Waals surface area contributed by atoms with Crippen molar-refractivity contribution >= 4 is 28.7 Å². The summed E-state index contributed by atoms with van der Waals surface area (Å²) in [7, 11) is 0. The van der Waals surface area contributed by atoms with E-state index in [2.05, 4.69) is 155 Å². The van der Waals surface area contributed by atoms with Gasteiger partial charge in [-0.2, -0.15) is 0 Å². The molecule has 4 aromatic rings. The molecule has 4 aromatic carbocycles. The Hall–Kier alpha value is -3.03. The first kappa shape index (κ1) is 32.4. The Labute approximate surface area is 272 Å². The Morgan fingerprint density at radius 1 is 0.614 bits per heavy atom. The number of hydrogen-bond donors (Lipinski definition) is 0. The van der Waals surface area contributed by atoms with Gasteiger partial charge >= 0.3 is 0 Å². The quantitative estimate of drug-likeness (QED) is 0.223. The molecule has 0 radical (unpaired) electrons. The van der Waals surface area contributed by atoms with E-state index in [0.29, 0.717) is 0 Å². The highest BCUT2D eigenvalue weighted by Crippen LogP contribution is 2.51. The summed E-state index contributed by atoms with van der Waals surface area (Å²) in [4.78, 5) is 2.40. The van der Waals surface area contributed by atoms with E-state index >= 15 is 0 Å². The lowest BCUT2D eigenvalue weighted by Gasteiger charge is -2.43. The number of rotatable bonds is 4. The van der Waals surface area contributed by atoms with Gasteiger partial charge in [-0.1, -0.05) is 111 Å². The normalized spacial score (nSPS) is 16.0. The maximum Gasteiger partial charge on any atom is 0.0540 e. The molecule has 0 heterocycles. The lowest BCUT2D eigenvalue weighted by Crippen LogP contribution is -2.34. The van der Waals surface area contributed by atoms with Gasteiger partial charge < -0.3 is 4.90 Å². The molecule has 1 aliphatic carbocycles. The van der Waals surface area contributed by atoms with Gasteiger partial charge in [0.05, 0.1) is 5.69 Å². The Bertz CT molecular complexity index is 1670. The van der Waals surface area contributed by atoms with E-state index in [4.69, 9.17) is 11.6 Å². The van der Waals surface area contributed by atoms with E-state index in [1.54, 1.807) is 0 Å². The molecule has 0 N–H and O–H groups in total. The van der Waals surface area contributed by atoms with Crippen LogP contribution < -0.4 is 4.90 Å². The number of anilines is 3. The minimum atomic E-state index is 0.0164. The van der Waals surface area contributed by atoms with Crippen LogP contribution in [-0.2, 0) is 21.7 Å². The molecule has 0 spiro atoms. The summed E-state index contributed by atoms with van der Waals surface area (Å²) in [6.45, 7) is 27.9. The lowest BCUT2D eigenvalue weighted by atomic mass is 9.61. The smallest absolute Gasteiger partial charge is 0.0540 e. The van der Waals surface area contributed by atoms with Gasteiger partial charge in [0.1, 0.15) is 0 Å². The average molecular weight is 606 g/mol. The molecular formula is C42H52ClN. The average Bonchev–Trinajstić information content (AvgIpc) is 2.90. The highest BCUT2D eigenvalue weighted by atomic mass is 35.5. The number of benzene rings is 4. The summed E-state index contributed by atoms with van der Waals surface area (Å²) < 4.78 is 0. The van der Waals surface area contributed by atoms with E-state index in [-0.39, 0.29) is 21.7 Å². The first-order valence-electron chi connectivity index (χ1n) is 16.3. The molecule has 232 valence electrons. The molecule has 1 aliphatic rings. The summed E-state index contributed by atoms with van der Waals surface area (Å²) in [6, 6.07) is 27.4. The predicted molar refractivity (Wildman–Crippen MR) is 194 cm³/mol. The highest BCUT2D eigenvalue weighted by molar-refractivity contribution is 6.31. The van der Waals surface area contributed by atoms with E-state index < -0.39 is 0 Å². The fourth-order valence-electron chi connectivity index (χ4n) is 7.12. The number of nitrogens with zero attached hydrogens (tertiary/aromatic N) is 1. The van der Waals surface area contributed by atoms with Crippen molar-refractivity contribution in [1.82, 2.24) is 0 Å². The highest BCUT2D eigenvalue weighted by Gasteiger charge is 2.39. The second-order valence-corrected chi connectivity index (χ2v) is 17.0. The molecule has 1 nitrogen and oxygen atoms in total. The Balaban J connectivity index is 1.84. The molecule has 0 unspecified atom stereocenters. The van der Waals surface area contributed by atoms with E-state index in [1.807, 2.05) is 6.07 Å². The maximum atomic E-state index is 6.73. The van der Waals surface area contributed by atoms with Crippen LogP contribution in [-0.4, -0.2) is 0 Å². The van der Waals surface area contributed by atoms with Crippen LogP contribution in [0.25, 0.3) is 11.1 Å². The van der Waals surface area contributed by atoms with Crippen LogP contribution in [0.5, 0.6) is 0 Å². The Kier molecular flexibility index (Phi) is 8.16. The Morgan fingerprint density at radius 3 is 1.80 bits per heavy atom. The first-order chi connectivity index (χ1) is 20.3. The summed E-state index contributed by atoms with van der Waals surface area (Å²) in [5.41, 5.74) is 14.5. The van der Waals surface area contributed by atoms with Crippen LogP contribution >= 0.6 is 11.6 Å². The molecule has 0 aromatic heterocycles. The molecule has 2 heteroatoms. The third-order valence-electron chi connectivity index (χ3n) is 9.92. The largest absolute Gasteiger partial charge is 0.310 e. The zero-order valence-electron chi connectivity index (χ0n) is 29.2. The van der Waals surface area contributed by atoms with Gasteiger partial charge in [-0.25, -0.2) is 0 Å². The predicted octanol–water partition coefficient (Wildman–Crippen LogP) is 13.0. The van der Waals surface area contributed by atoms with Crippen LogP contribution in [0.4, 0.5) is 17.1 Å². The zero-order chi connectivity index (χ0) is 32.4. The molecule has 44 heavy (non-hydrogen) atoms. The molecule has 0 atom stereocenters. The fraction of sp³-hybridized carbons (Fsp3) is 0.429. The first-order valence-corrected chi connectivity index (χ1v) is 16.6. The van der Waals surface area contributed by atoms with E-state index in [9.17, 15) is 0 Å².